The van der Waals surface area contributed by atoms with E-state index in [9.17, 15) is 18.4 Å². The average Bonchev–Trinajstić information content (AvgIpc) is 2.88. The van der Waals surface area contributed by atoms with E-state index in [0.29, 0.717) is 31.6 Å². The molecular weight excluding hydrogens is 322 g/mol. The van der Waals surface area contributed by atoms with Crippen LogP contribution >= 0.6 is 11.8 Å². The van der Waals surface area contributed by atoms with Crippen molar-refractivity contribution in [3.05, 3.63) is 35.4 Å². The lowest BCUT2D eigenvalue weighted by Gasteiger charge is -2.28. The zero-order valence-electron chi connectivity index (χ0n) is 13.2. The molecule has 1 aromatic rings. The van der Waals surface area contributed by atoms with Crippen LogP contribution in [0.15, 0.2) is 18.2 Å². The second-order valence-corrected chi connectivity index (χ2v) is 6.31. The van der Waals surface area contributed by atoms with Crippen molar-refractivity contribution in [1.29, 1.82) is 0 Å². The summed E-state index contributed by atoms with van der Waals surface area (Å²) < 4.78 is 27.1. The van der Waals surface area contributed by atoms with E-state index in [-0.39, 0.29) is 17.6 Å². The molecule has 7 heteroatoms. The van der Waals surface area contributed by atoms with Crippen LogP contribution in [-0.2, 0) is 9.59 Å². The number of thioether (sulfide) groups is 1. The number of carbonyl (C=O) groups is 2. The van der Waals surface area contributed by atoms with Crippen molar-refractivity contribution >= 4 is 23.6 Å². The lowest BCUT2D eigenvalue weighted by Crippen LogP contribution is -2.39. The Hall–Kier alpha value is -1.63. The molecule has 4 nitrogen and oxygen atoms in total. The molecule has 0 N–H and O–H groups in total. The number of likely N-dealkylation sites (N-methyl/N-ethyl adjacent to an activating group) is 1. The largest absolute Gasteiger partial charge is 0.341 e. The Morgan fingerprint density at radius 1 is 1.39 bits per heavy atom. The van der Waals surface area contributed by atoms with E-state index in [1.54, 1.807) is 16.7 Å². The van der Waals surface area contributed by atoms with Gasteiger partial charge in [0.2, 0.25) is 11.8 Å². The summed E-state index contributed by atoms with van der Waals surface area (Å²) in [5.41, 5.74) is 0.298. The molecule has 1 aromatic carbocycles. The second kappa shape index (κ2) is 7.77. The van der Waals surface area contributed by atoms with Crippen molar-refractivity contribution in [2.24, 2.45) is 0 Å². The van der Waals surface area contributed by atoms with Crippen molar-refractivity contribution in [2.75, 3.05) is 25.4 Å². The van der Waals surface area contributed by atoms with E-state index in [4.69, 9.17) is 0 Å². The summed E-state index contributed by atoms with van der Waals surface area (Å²) in [4.78, 5) is 27.1. The molecule has 23 heavy (non-hydrogen) atoms. The fraction of sp³-hybridized carbons (Fsp3) is 0.500. The monoisotopic (exact) mass is 342 g/mol. The first-order valence-corrected chi connectivity index (χ1v) is 8.66. The second-order valence-electron chi connectivity index (χ2n) is 5.24. The van der Waals surface area contributed by atoms with Gasteiger partial charge in [-0.1, -0.05) is 13.0 Å². The summed E-state index contributed by atoms with van der Waals surface area (Å²) in [6.45, 7) is 4.99. The Morgan fingerprint density at radius 3 is 2.74 bits per heavy atom. The molecule has 2 rings (SSSR count). The third-order valence-corrected chi connectivity index (χ3v) is 5.08. The molecule has 1 aliphatic rings. The van der Waals surface area contributed by atoms with E-state index in [1.165, 1.54) is 23.9 Å². The first-order chi connectivity index (χ1) is 11.0. The van der Waals surface area contributed by atoms with Gasteiger partial charge in [-0.05, 0) is 13.0 Å². The number of hydrogen-bond donors (Lipinski definition) is 0. The minimum Gasteiger partial charge on any atom is -0.341 e. The highest BCUT2D eigenvalue weighted by molar-refractivity contribution is 8.00. The molecule has 2 amide bonds. The van der Waals surface area contributed by atoms with Crippen LogP contribution in [0.1, 0.15) is 31.2 Å². The van der Waals surface area contributed by atoms with Crippen molar-refractivity contribution in [3.8, 4) is 0 Å². The molecule has 126 valence electrons. The van der Waals surface area contributed by atoms with Gasteiger partial charge >= 0.3 is 0 Å². The maximum atomic E-state index is 14.0. The predicted octanol–water partition coefficient (Wildman–Crippen LogP) is 2.80. The predicted molar refractivity (Wildman–Crippen MR) is 85.8 cm³/mol. The standard InChI is InChI=1S/C16H20F2N2O2S/c1-3-14(21)19(4-2)7-8-20-15(22)10-23-16(20)12-6-5-11(17)9-13(12)18/h5-6,9,16H,3-4,7-8,10H2,1-2H3/t16-/m1/s1. The normalized spacial score (nSPS) is 17.7. The number of benzene rings is 1. The van der Waals surface area contributed by atoms with Crippen LogP contribution in [0.3, 0.4) is 0 Å². The molecule has 1 fully saturated rings. The molecule has 0 unspecified atom stereocenters. The minimum atomic E-state index is -0.654. The van der Waals surface area contributed by atoms with E-state index < -0.39 is 17.0 Å². The fourth-order valence-corrected chi connectivity index (χ4v) is 3.81. The van der Waals surface area contributed by atoms with E-state index >= 15 is 0 Å². The van der Waals surface area contributed by atoms with E-state index in [0.717, 1.165) is 6.07 Å². The summed E-state index contributed by atoms with van der Waals surface area (Å²) in [6.07, 6.45) is 0.409. The Balaban J connectivity index is 2.12. The minimum absolute atomic E-state index is 0.0244. The molecule has 0 aliphatic carbocycles. The molecule has 0 saturated carbocycles. The first kappa shape index (κ1) is 17.7. The lowest BCUT2D eigenvalue weighted by molar-refractivity contribution is -0.133. The van der Waals surface area contributed by atoms with Crippen molar-refractivity contribution in [3.63, 3.8) is 0 Å². The third-order valence-electron chi connectivity index (χ3n) is 3.84. The number of amides is 2. The highest BCUT2D eigenvalue weighted by Gasteiger charge is 2.34. The van der Waals surface area contributed by atoms with Gasteiger partial charge in [-0.2, -0.15) is 0 Å². The third kappa shape index (κ3) is 4.02. The Kier molecular flexibility index (Phi) is 5.98. The maximum absolute atomic E-state index is 14.0. The van der Waals surface area contributed by atoms with E-state index in [1.807, 2.05) is 6.92 Å². The topological polar surface area (TPSA) is 40.6 Å². The van der Waals surface area contributed by atoms with Gasteiger partial charge in [0.25, 0.3) is 0 Å². The number of carbonyl (C=O) groups excluding carboxylic acids is 2. The van der Waals surface area contributed by atoms with Gasteiger partial charge in [-0.3, -0.25) is 9.59 Å². The Labute approximate surface area is 138 Å². The molecule has 1 atom stereocenters. The molecule has 1 heterocycles. The first-order valence-electron chi connectivity index (χ1n) is 7.61. The number of halogens is 2. The molecule has 0 spiro atoms. The highest BCUT2D eigenvalue weighted by atomic mass is 32.2. The van der Waals surface area contributed by atoms with Gasteiger partial charge in [0.15, 0.2) is 0 Å². The molecule has 1 saturated heterocycles. The van der Waals surface area contributed by atoms with Crippen LogP contribution in [0.4, 0.5) is 8.78 Å². The van der Waals surface area contributed by atoms with Crippen molar-refractivity contribution < 1.29 is 18.4 Å². The zero-order chi connectivity index (χ0) is 17.0. The molecular formula is C16H20F2N2O2S. The summed E-state index contributed by atoms with van der Waals surface area (Å²) in [5, 5.41) is -0.474. The SMILES string of the molecule is CCC(=O)N(CC)CCN1C(=O)CS[C@@H]1c1ccc(F)cc1F. The van der Waals surface area contributed by atoms with Crippen molar-refractivity contribution in [2.45, 2.75) is 25.6 Å². The summed E-state index contributed by atoms with van der Waals surface area (Å²) in [7, 11) is 0. The fourth-order valence-electron chi connectivity index (χ4n) is 2.57. The maximum Gasteiger partial charge on any atom is 0.233 e. The zero-order valence-corrected chi connectivity index (χ0v) is 14.0. The molecule has 0 radical (unpaired) electrons. The van der Waals surface area contributed by atoms with Crippen LogP contribution in [-0.4, -0.2) is 47.0 Å². The summed E-state index contributed by atoms with van der Waals surface area (Å²) >= 11 is 1.32. The van der Waals surface area contributed by atoms with Crippen LogP contribution in [0.2, 0.25) is 0 Å². The summed E-state index contributed by atoms with van der Waals surface area (Å²) in [5.74, 6) is -1.10. The Morgan fingerprint density at radius 2 is 2.13 bits per heavy atom. The molecule has 1 aliphatic heterocycles. The highest BCUT2D eigenvalue weighted by Crippen LogP contribution is 2.39. The van der Waals surface area contributed by atoms with Crippen LogP contribution < -0.4 is 0 Å². The van der Waals surface area contributed by atoms with Crippen LogP contribution in [0.5, 0.6) is 0 Å². The number of hydrogen-bond acceptors (Lipinski definition) is 3. The van der Waals surface area contributed by atoms with Crippen LogP contribution in [0, 0.1) is 11.6 Å². The summed E-state index contributed by atoms with van der Waals surface area (Å²) in [6, 6.07) is 3.40. The van der Waals surface area contributed by atoms with Gasteiger partial charge in [-0.15, -0.1) is 11.8 Å². The van der Waals surface area contributed by atoms with Gasteiger partial charge in [0.1, 0.15) is 17.0 Å². The van der Waals surface area contributed by atoms with Gasteiger partial charge in [0, 0.05) is 37.7 Å². The Bertz CT molecular complexity index is 597. The van der Waals surface area contributed by atoms with Crippen molar-refractivity contribution in [1.82, 2.24) is 9.80 Å². The average molecular weight is 342 g/mol. The molecule has 0 bridgehead atoms. The van der Waals surface area contributed by atoms with Gasteiger partial charge in [-0.25, -0.2) is 8.78 Å². The smallest absolute Gasteiger partial charge is 0.233 e. The van der Waals surface area contributed by atoms with Gasteiger partial charge in [0.05, 0.1) is 5.75 Å². The quantitative estimate of drug-likeness (QED) is 0.798. The van der Waals surface area contributed by atoms with E-state index in [2.05, 4.69) is 0 Å². The van der Waals surface area contributed by atoms with Crippen LogP contribution in [0.25, 0.3) is 0 Å². The molecule has 0 aromatic heterocycles. The lowest BCUT2D eigenvalue weighted by atomic mass is 10.2. The number of rotatable bonds is 6. The van der Waals surface area contributed by atoms with Gasteiger partial charge < -0.3 is 9.80 Å². The number of nitrogens with zero attached hydrogens (tertiary/aromatic N) is 2.